The van der Waals surface area contributed by atoms with Crippen molar-refractivity contribution in [1.82, 2.24) is 4.90 Å². The van der Waals surface area contributed by atoms with Crippen LogP contribution >= 0.6 is 0 Å². The molecule has 0 fully saturated rings. The smallest absolute Gasteiger partial charge is 0.246 e. The third-order valence-electron chi connectivity index (χ3n) is 2.82. The Kier molecular flexibility index (Phi) is 6.09. The zero-order valence-corrected chi connectivity index (χ0v) is 11.5. The molecule has 0 saturated heterocycles. The predicted molar refractivity (Wildman–Crippen MR) is 78.4 cm³/mol. The maximum atomic E-state index is 12.1. The van der Waals surface area contributed by atoms with Gasteiger partial charge in [0.05, 0.1) is 0 Å². The first kappa shape index (κ1) is 15.2. The van der Waals surface area contributed by atoms with Crippen LogP contribution in [-0.4, -0.2) is 35.1 Å². The summed E-state index contributed by atoms with van der Waals surface area (Å²) in [4.78, 5) is 13.8. The fourth-order valence-corrected chi connectivity index (χ4v) is 1.73. The van der Waals surface area contributed by atoms with Crippen LogP contribution in [0.4, 0.5) is 5.69 Å². The van der Waals surface area contributed by atoms with Crippen LogP contribution in [-0.2, 0) is 4.79 Å². The Balaban J connectivity index is 2.67. The molecule has 0 spiro atoms. The number of anilines is 1. The van der Waals surface area contributed by atoms with Crippen molar-refractivity contribution >= 4 is 17.7 Å². The van der Waals surface area contributed by atoms with Crippen molar-refractivity contribution in [2.75, 3.05) is 18.9 Å². The van der Waals surface area contributed by atoms with Crippen LogP contribution in [0.25, 0.3) is 6.08 Å². The van der Waals surface area contributed by atoms with E-state index in [9.17, 15) is 4.79 Å². The lowest BCUT2D eigenvalue weighted by Crippen LogP contribution is -2.36. The van der Waals surface area contributed by atoms with Crippen molar-refractivity contribution in [3.63, 3.8) is 0 Å². The van der Waals surface area contributed by atoms with Gasteiger partial charge in [-0.25, -0.2) is 0 Å². The molecular formula is C15H22N2O2. The van der Waals surface area contributed by atoms with Crippen LogP contribution < -0.4 is 5.73 Å². The van der Waals surface area contributed by atoms with Crippen molar-refractivity contribution in [2.24, 2.45) is 0 Å². The van der Waals surface area contributed by atoms with Gasteiger partial charge in [0.1, 0.15) is 0 Å². The highest BCUT2D eigenvalue weighted by molar-refractivity contribution is 5.92. The molecule has 0 aliphatic carbocycles. The molecule has 0 atom stereocenters. The third kappa shape index (κ3) is 5.14. The first-order valence-corrected chi connectivity index (χ1v) is 6.49. The number of benzene rings is 1. The van der Waals surface area contributed by atoms with E-state index in [0.29, 0.717) is 18.7 Å². The molecule has 3 N–H and O–H groups in total. The van der Waals surface area contributed by atoms with Crippen molar-refractivity contribution in [3.8, 4) is 0 Å². The molecule has 19 heavy (non-hydrogen) atoms. The van der Waals surface area contributed by atoms with Gasteiger partial charge in [-0.2, -0.15) is 0 Å². The van der Waals surface area contributed by atoms with Crippen LogP contribution in [0, 0.1) is 0 Å². The van der Waals surface area contributed by atoms with E-state index < -0.39 is 0 Å². The lowest BCUT2D eigenvalue weighted by molar-refractivity contribution is -0.127. The van der Waals surface area contributed by atoms with Gasteiger partial charge >= 0.3 is 0 Å². The maximum Gasteiger partial charge on any atom is 0.246 e. The Bertz CT molecular complexity index is 424. The number of hydrogen-bond donors (Lipinski definition) is 2. The van der Waals surface area contributed by atoms with E-state index in [4.69, 9.17) is 10.8 Å². The number of aliphatic hydroxyl groups excluding tert-OH is 1. The number of carbonyl (C=O) groups is 1. The number of aliphatic hydroxyl groups is 1. The lowest BCUT2D eigenvalue weighted by Gasteiger charge is -2.25. The van der Waals surface area contributed by atoms with Gasteiger partial charge in [-0.1, -0.05) is 12.1 Å². The minimum absolute atomic E-state index is 0.0414. The van der Waals surface area contributed by atoms with Crippen LogP contribution in [0.5, 0.6) is 0 Å². The SMILES string of the molecule is CC(C)N(CCCO)C(=O)/C=C/c1ccc(N)cc1. The number of nitrogens with zero attached hydrogens (tertiary/aromatic N) is 1. The van der Waals surface area contributed by atoms with Crippen LogP contribution in [0.3, 0.4) is 0 Å². The molecule has 0 saturated carbocycles. The fraction of sp³-hybridized carbons (Fsp3) is 0.400. The van der Waals surface area contributed by atoms with E-state index in [0.717, 1.165) is 5.56 Å². The van der Waals surface area contributed by atoms with Gasteiger partial charge in [-0.3, -0.25) is 4.79 Å². The largest absolute Gasteiger partial charge is 0.399 e. The maximum absolute atomic E-state index is 12.1. The highest BCUT2D eigenvalue weighted by Crippen LogP contribution is 2.08. The minimum atomic E-state index is -0.0414. The third-order valence-corrected chi connectivity index (χ3v) is 2.82. The summed E-state index contributed by atoms with van der Waals surface area (Å²) in [6.45, 7) is 4.59. The summed E-state index contributed by atoms with van der Waals surface area (Å²) in [6, 6.07) is 7.46. The lowest BCUT2D eigenvalue weighted by atomic mass is 10.2. The van der Waals surface area contributed by atoms with Crippen molar-refractivity contribution in [2.45, 2.75) is 26.3 Å². The molecule has 104 valence electrons. The van der Waals surface area contributed by atoms with Crippen LogP contribution in [0.15, 0.2) is 30.3 Å². The van der Waals surface area contributed by atoms with E-state index in [-0.39, 0.29) is 18.6 Å². The molecule has 4 heteroatoms. The quantitative estimate of drug-likeness (QED) is 0.608. The van der Waals surface area contributed by atoms with Gasteiger partial charge in [0, 0.05) is 31.0 Å². The number of rotatable bonds is 6. The molecule has 1 rings (SSSR count). The van der Waals surface area contributed by atoms with Crippen molar-refractivity contribution in [3.05, 3.63) is 35.9 Å². The van der Waals surface area contributed by atoms with Crippen molar-refractivity contribution < 1.29 is 9.90 Å². The molecule has 0 heterocycles. The van der Waals surface area contributed by atoms with Gasteiger partial charge in [0.15, 0.2) is 0 Å². The second-order valence-electron chi connectivity index (χ2n) is 4.70. The molecular weight excluding hydrogens is 240 g/mol. The van der Waals surface area contributed by atoms with E-state index in [2.05, 4.69) is 0 Å². The first-order chi connectivity index (χ1) is 9.04. The zero-order valence-electron chi connectivity index (χ0n) is 11.5. The topological polar surface area (TPSA) is 66.6 Å². The molecule has 0 bridgehead atoms. The summed E-state index contributed by atoms with van der Waals surface area (Å²) in [5.41, 5.74) is 7.24. The summed E-state index contributed by atoms with van der Waals surface area (Å²) in [5, 5.41) is 8.84. The van der Waals surface area contributed by atoms with E-state index in [1.54, 1.807) is 29.2 Å². The normalized spacial score (nSPS) is 11.2. The number of carbonyl (C=O) groups excluding carboxylic acids is 1. The molecule has 1 amide bonds. The van der Waals surface area contributed by atoms with E-state index >= 15 is 0 Å². The summed E-state index contributed by atoms with van der Waals surface area (Å²) >= 11 is 0. The Labute approximate surface area is 114 Å². The molecule has 0 radical (unpaired) electrons. The second kappa shape index (κ2) is 7.59. The van der Waals surface area contributed by atoms with Gasteiger partial charge < -0.3 is 15.7 Å². The second-order valence-corrected chi connectivity index (χ2v) is 4.70. The minimum Gasteiger partial charge on any atom is -0.399 e. The fourth-order valence-electron chi connectivity index (χ4n) is 1.73. The molecule has 0 unspecified atom stereocenters. The Morgan fingerprint density at radius 1 is 1.37 bits per heavy atom. The zero-order chi connectivity index (χ0) is 14.3. The average molecular weight is 262 g/mol. The average Bonchev–Trinajstić information content (AvgIpc) is 2.38. The standard InChI is InChI=1S/C15H22N2O2/c1-12(2)17(10-3-11-18)15(19)9-6-13-4-7-14(16)8-5-13/h4-9,12,18H,3,10-11,16H2,1-2H3/b9-6+. The number of nitrogen functional groups attached to an aromatic ring is 1. The summed E-state index contributed by atoms with van der Waals surface area (Å²) in [6.07, 6.45) is 3.93. The number of nitrogens with two attached hydrogens (primary N) is 1. The molecule has 0 aromatic heterocycles. The Hall–Kier alpha value is -1.81. The first-order valence-electron chi connectivity index (χ1n) is 6.49. The van der Waals surface area contributed by atoms with E-state index in [1.165, 1.54) is 0 Å². The summed E-state index contributed by atoms with van der Waals surface area (Å²) in [7, 11) is 0. The van der Waals surface area contributed by atoms with Gasteiger partial charge in [0.25, 0.3) is 0 Å². The molecule has 4 nitrogen and oxygen atoms in total. The van der Waals surface area contributed by atoms with E-state index in [1.807, 2.05) is 26.0 Å². The van der Waals surface area contributed by atoms with Crippen LogP contribution in [0.1, 0.15) is 25.8 Å². The predicted octanol–water partition coefficient (Wildman–Crippen LogP) is 1.90. The van der Waals surface area contributed by atoms with Crippen molar-refractivity contribution in [1.29, 1.82) is 0 Å². The summed E-state index contributed by atoms with van der Waals surface area (Å²) in [5.74, 6) is -0.0414. The van der Waals surface area contributed by atoms with Gasteiger partial charge in [-0.05, 0) is 44.0 Å². The highest BCUT2D eigenvalue weighted by Gasteiger charge is 2.13. The van der Waals surface area contributed by atoms with Gasteiger partial charge in [-0.15, -0.1) is 0 Å². The molecule has 0 aliphatic rings. The Morgan fingerprint density at radius 2 is 2.00 bits per heavy atom. The number of hydrogen-bond acceptors (Lipinski definition) is 3. The Morgan fingerprint density at radius 3 is 2.53 bits per heavy atom. The molecule has 0 aliphatic heterocycles. The monoisotopic (exact) mass is 262 g/mol. The number of amides is 1. The molecule has 1 aromatic carbocycles. The van der Waals surface area contributed by atoms with Crippen LogP contribution in [0.2, 0.25) is 0 Å². The summed E-state index contributed by atoms with van der Waals surface area (Å²) < 4.78 is 0. The van der Waals surface area contributed by atoms with Gasteiger partial charge in [0.2, 0.25) is 5.91 Å². The molecule has 1 aromatic rings. The highest BCUT2D eigenvalue weighted by atomic mass is 16.3.